The van der Waals surface area contributed by atoms with Crippen molar-refractivity contribution < 1.29 is 17.9 Å². The number of aromatic nitrogens is 4. The van der Waals surface area contributed by atoms with Crippen LogP contribution in [0.25, 0.3) is 17.1 Å². The van der Waals surface area contributed by atoms with Crippen LogP contribution >= 0.6 is 0 Å². The second-order valence-electron chi connectivity index (χ2n) is 8.67. The highest BCUT2D eigenvalue weighted by atomic mass is 19.4. The molecule has 0 aliphatic carbocycles. The zero-order valence-electron chi connectivity index (χ0n) is 20.1. The number of fused-ring (bicyclic) bond motifs is 1. The maximum Gasteiger partial charge on any atom is 0.419 e. The van der Waals surface area contributed by atoms with Gasteiger partial charge in [0.05, 0.1) is 42.1 Å². The van der Waals surface area contributed by atoms with Gasteiger partial charge in [0, 0.05) is 25.7 Å². The van der Waals surface area contributed by atoms with E-state index in [1.807, 2.05) is 24.3 Å². The molecule has 2 aromatic carbocycles. The summed E-state index contributed by atoms with van der Waals surface area (Å²) in [5, 5.41) is 7.21. The molecule has 0 amide bonds. The van der Waals surface area contributed by atoms with Gasteiger partial charge in [-0.05, 0) is 42.7 Å². The molecule has 0 saturated heterocycles. The summed E-state index contributed by atoms with van der Waals surface area (Å²) in [4.78, 5) is 11.5. The third-order valence-electron chi connectivity index (χ3n) is 6.39. The fourth-order valence-electron chi connectivity index (χ4n) is 4.49. The SMILES string of the molecule is COc1cnc(-c2cccc3c2N(C)CC3)nc1NCc1ccc(-n2ncc(C(F)(F)F)c2C)cc1. The first-order valence-corrected chi connectivity index (χ1v) is 11.5. The minimum absolute atomic E-state index is 0.0460. The van der Waals surface area contributed by atoms with Crippen LogP contribution in [-0.4, -0.2) is 40.5 Å². The first-order chi connectivity index (χ1) is 17.3. The molecule has 7 nitrogen and oxygen atoms in total. The zero-order chi connectivity index (χ0) is 25.4. The Kier molecular flexibility index (Phi) is 6.03. The fourth-order valence-corrected chi connectivity index (χ4v) is 4.49. The number of halogens is 3. The number of methoxy groups -OCH3 is 1. The van der Waals surface area contributed by atoms with Crippen molar-refractivity contribution in [1.29, 1.82) is 0 Å². The predicted octanol–water partition coefficient (Wildman–Crippen LogP) is 5.27. The Morgan fingerprint density at radius 2 is 1.86 bits per heavy atom. The Hall–Kier alpha value is -4.08. The molecule has 2 aromatic heterocycles. The lowest BCUT2D eigenvalue weighted by molar-refractivity contribution is -0.138. The van der Waals surface area contributed by atoms with Crippen LogP contribution in [-0.2, 0) is 19.1 Å². The molecule has 0 bridgehead atoms. The van der Waals surface area contributed by atoms with Gasteiger partial charge in [-0.2, -0.15) is 18.3 Å². The van der Waals surface area contributed by atoms with Crippen LogP contribution in [0.2, 0.25) is 0 Å². The molecule has 1 aliphatic rings. The number of hydrogen-bond donors (Lipinski definition) is 1. The van der Waals surface area contributed by atoms with Gasteiger partial charge >= 0.3 is 6.18 Å². The first kappa shape index (κ1) is 23.7. The van der Waals surface area contributed by atoms with Crippen LogP contribution in [0.3, 0.4) is 0 Å². The zero-order valence-corrected chi connectivity index (χ0v) is 20.1. The van der Waals surface area contributed by atoms with Gasteiger partial charge in [-0.15, -0.1) is 0 Å². The molecule has 0 unspecified atom stereocenters. The van der Waals surface area contributed by atoms with E-state index in [4.69, 9.17) is 9.72 Å². The lowest BCUT2D eigenvalue weighted by atomic mass is 10.1. The number of likely N-dealkylation sites (N-methyl/N-ethyl adjacent to an activating group) is 1. The highest BCUT2D eigenvalue weighted by Crippen LogP contribution is 2.37. The summed E-state index contributed by atoms with van der Waals surface area (Å²) in [5.74, 6) is 1.68. The highest BCUT2D eigenvalue weighted by Gasteiger charge is 2.35. The van der Waals surface area contributed by atoms with Gasteiger partial charge in [-0.25, -0.2) is 14.6 Å². The van der Waals surface area contributed by atoms with Crippen LogP contribution in [0.5, 0.6) is 5.75 Å². The summed E-state index contributed by atoms with van der Waals surface area (Å²) < 4.78 is 46.0. The molecule has 0 saturated carbocycles. The number of ether oxygens (including phenoxy) is 1. The number of nitrogens with zero attached hydrogens (tertiary/aromatic N) is 5. The Labute approximate surface area is 206 Å². The maximum absolute atomic E-state index is 13.1. The number of hydrogen-bond acceptors (Lipinski definition) is 6. The molecular weight excluding hydrogens is 469 g/mol. The summed E-state index contributed by atoms with van der Waals surface area (Å²) >= 11 is 0. The van der Waals surface area contributed by atoms with Crippen molar-refractivity contribution in [2.75, 3.05) is 30.9 Å². The molecule has 10 heteroatoms. The molecule has 0 spiro atoms. The lowest BCUT2D eigenvalue weighted by Gasteiger charge is -2.17. The third-order valence-corrected chi connectivity index (χ3v) is 6.39. The Morgan fingerprint density at radius 3 is 2.56 bits per heavy atom. The topological polar surface area (TPSA) is 68.1 Å². The third kappa shape index (κ3) is 4.34. The molecule has 1 aliphatic heterocycles. The number of benzene rings is 2. The molecule has 186 valence electrons. The first-order valence-electron chi connectivity index (χ1n) is 11.5. The molecule has 0 fully saturated rings. The summed E-state index contributed by atoms with van der Waals surface area (Å²) in [6, 6.07) is 13.3. The molecule has 0 radical (unpaired) electrons. The molecule has 0 atom stereocenters. The van der Waals surface area contributed by atoms with Gasteiger partial charge in [0.25, 0.3) is 0 Å². The van der Waals surface area contributed by atoms with Crippen molar-refractivity contribution in [1.82, 2.24) is 19.7 Å². The lowest BCUT2D eigenvalue weighted by Crippen LogP contribution is -2.14. The van der Waals surface area contributed by atoms with Gasteiger partial charge in [0.2, 0.25) is 0 Å². The van der Waals surface area contributed by atoms with Crippen LogP contribution in [0.1, 0.15) is 22.4 Å². The number of para-hydroxylation sites is 1. The quantitative estimate of drug-likeness (QED) is 0.394. The smallest absolute Gasteiger partial charge is 0.419 e. The van der Waals surface area contributed by atoms with Gasteiger partial charge in [0.1, 0.15) is 0 Å². The second-order valence-corrected chi connectivity index (χ2v) is 8.67. The maximum atomic E-state index is 13.1. The largest absolute Gasteiger partial charge is 0.491 e. The number of alkyl halides is 3. The van der Waals surface area contributed by atoms with Crippen LogP contribution in [0.15, 0.2) is 54.9 Å². The van der Waals surface area contributed by atoms with E-state index in [-0.39, 0.29) is 5.69 Å². The standard InChI is InChI=1S/C26H25F3N6O/c1-16-21(26(27,28)29)14-32-35(16)19-9-7-17(8-10-19)13-30-25-22(36-3)15-31-24(33-25)20-6-4-5-18-11-12-34(2)23(18)20/h4-10,14-15H,11-13H2,1-3H3,(H,30,31,33). The predicted molar refractivity (Wildman–Crippen MR) is 132 cm³/mol. The van der Waals surface area contributed by atoms with E-state index >= 15 is 0 Å². The van der Waals surface area contributed by atoms with E-state index in [0.717, 1.165) is 36.0 Å². The number of nitrogens with one attached hydrogen (secondary N) is 1. The summed E-state index contributed by atoms with van der Waals surface area (Å²) in [7, 11) is 3.63. The molecule has 5 rings (SSSR count). The monoisotopic (exact) mass is 494 g/mol. The summed E-state index contributed by atoms with van der Waals surface area (Å²) in [5.41, 5.74) is 4.17. The minimum Gasteiger partial charge on any atom is -0.491 e. The van der Waals surface area contributed by atoms with Crippen molar-refractivity contribution in [2.24, 2.45) is 0 Å². The molecule has 1 N–H and O–H groups in total. The summed E-state index contributed by atoms with van der Waals surface area (Å²) in [6.07, 6.45) is -0.937. The molecular formula is C26H25F3N6O. The van der Waals surface area contributed by atoms with Crippen molar-refractivity contribution >= 4 is 11.5 Å². The Balaban J connectivity index is 1.36. The van der Waals surface area contributed by atoms with E-state index < -0.39 is 11.7 Å². The van der Waals surface area contributed by atoms with E-state index in [1.54, 1.807) is 25.4 Å². The normalized spacial score (nSPS) is 13.1. The fraction of sp³-hybridized carbons (Fsp3) is 0.269. The minimum atomic E-state index is -4.43. The van der Waals surface area contributed by atoms with Crippen molar-refractivity contribution in [3.63, 3.8) is 0 Å². The van der Waals surface area contributed by atoms with E-state index in [0.29, 0.717) is 29.6 Å². The van der Waals surface area contributed by atoms with Crippen LogP contribution < -0.4 is 15.0 Å². The van der Waals surface area contributed by atoms with Gasteiger partial charge in [-0.1, -0.05) is 24.3 Å². The van der Waals surface area contributed by atoms with Crippen LogP contribution in [0, 0.1) is 6.92 Å². The average molecular weight is 495 g/mol. The van der Waals surface area contributed by atoms with Crippen molar-refractivity contribution in [3.05, 3.63) is 77.2 Å². The molecule has 3 heterocycles. The Bertz CT molecular complexity index is 1400. The number of anilines is 2. The van der Waals surface area contributed by atoms with Gasteiger partial charge in [0.15, 0.2) is 17.4 Å². The van der Waals surface area contributed by atoms with E-state index in [1.165, 1.54) is 17.2 Å². The van der Waals surface area contributed by atoms with Gasteiger partial charge in [-0.3, -0.25) is 0 Å². The van der Waals surface area contributed by atoms with Crippen LogP contribution in [0.4, 0.5) is 24.7 Å². The molecule has 36 heavy (non-hydrogen) atoms. The van der Waals surface area contributed by atoms with Crippen molar-refractivity contribution in [3.8, 4) is 22.8 Å². The van der Waals surface area contributed by atoms with E-state index in [2.05, 4.69) is 33.4 Å². The van der Waals surface area contributed by atoms with Gasteiger partial charge < -0.3 is 15.0 Å². The van der Waals surface area contributed by atoms with E-state index in [9.17, 15) is 13.2 Å². The Morgan fingerprint density at radius 1 is 1.08 bits per heavy atom. The molecule has 4 aromatic rings. The number of rotatable bonds is 6. The summed E-state index contributed by atoms with van der Waals surface area (Å²) in [6.45, 7) is 2.80. The average Bonchev–Trinajstić information content (AvgIpc) is 3.45. The van der Waals surface area contributed by atoms with Crippen molar-refractivity contribution in [2.45, 2.75) is 26.1 Å². The highest BCUT2D eigenvalue weighted by molar-refractivity contribution is 5.79. The second kappa shape index (κ2) is 9.18.